The standard InChI is InChI=1S/C30H24BrN3O4S2/c1-16-7-13-20(14-8-16)34-27(36)24-23(18-9-11-19(31)12-10-18)26-29(39-25(24)28(34)37)33(30(38)40-26)15-22(35)32-21-6-4-3-5-17(21)2/h3-14,23-25H,15H2,1-2H3,(H,32,35). The van der Waals surface area contributed by atoms with Gasteiger partial charge in [-0.25, -0.2) is 4.90 Å². The Labute approximate surface area is 247 Å². The number of hydrogen-bond acceptors (Lipinski definition) is 6. The zero-order valence-electron chi connectivity index (χ0n) is 21.6. The van der Waals surface area contributed by atoms with Crippen molar-refractivity contribution in [3.05, 3.63) is 109 Å². The molecule has 4 aromatic rings. The second kappa shape index (κ2) is 10.5. The quantitative estimate of drug-likeness (QED) is 0.284. The lowest BCUT2D eigenvalue weighted by molar-refractivity contribution is -0.122. The molecule has 3 unspecified atom stereocenters. The van der Waals surface area contributed by atoms with Gasteiger partial charge in [0.1, 0.15) is 11.8 Å². The number of imide groups is 1. The topological polar surface area (TPSA) is 88.5 Å². The van der Waals surface area contributed by atoms with E-state index in [4.69, 9.17) is 0 Å². The van der Waals surface area contributed by atoms with Crippen LogP contribution in [0.3, 0.4) is 0 Å². The summed E-state index contributed by atoms with van der Waals surface area (Å²) < 4.78 is 2.32. The molecule has 3 heterocycles. The molecule has 0 saturated carbocycles. The van der Waals surface area contributed by atoms with E-state index < -0.39 is 17.1 Å². The number of nitrogens with one attached hydrogen (secondary N) is 1. The van der Waals surface area contributed by atoms with Gasteiger partial charge in [0.25, 0.3) is 0 Å². The highest BCUT2D eigenvalue weighted by Gasteiger charge is 2.56. The minimum absolute atomic E-state index is 0.194. The van der Waals surface area contributed by atoms with Gasteiger partial charge in [0.2, 0.25) is 17.7 Å². The summed E-state index contributed by atoms with van der Waals surface area (Å²) in [4.78, 5) is 55.8. The third kappa shape index (κ3) is 4.63. The number of amides is 3. The van der Waals surface area contributed by atoms with Crippen LogP contribution >= 0.6 is 39.0 Å². The van der Waals surface area contributed by atoms with Crippen LogP contribution in [0.2, 0.25) is 0 Å². The summed E-state index contributed by atoms with van der Waals surface area (Å²) in [5.41, 5.74) is 3.98. The van der Waals surface area contributed by atoms with Crippen LogP contribution < -0.4 is 15.1 Å². The first-order valence-corrected chi connectivity index (χ1v) is 15.2. The summed E-state index contributed by atoms with van der Waals surface area (Å²) in [6.07, 6.45) is 0. The maximum Gasteiger partial charge on any atom is 0.308 e. The maximum absolute atomic E-state index is 13.9. The molecular weight excluding hydrogens is 610 g/mol. The van der Waals surface area contributed by atoms with Gasteiger partial charge in [-0.1, -0.05) is 87.1 Å². The number of carbonyl (C=O) groups excluding carboxylic acids is 3. The Morgan fingerprint density at radius 1 is 0.925 bits per heavy atom. The van der Waals surface area contributed by atoms with Gasteiger partial charge in [0, 0.05) is 21.0 Å². The van der Waals surface area contributed by atoms with Crippen molar-refractivity contribution >= 4 is 68.1 Å². The molecule has 3 amide bonds. The fraction of sp³-hybridized carbons (Fsp3) is 0.200. The number of thioether (sulfide) groups is 1. The van der Waals surface area contributed by atoms with Crippen molar-refractivity contribution in [1.82, 2.24) is 4.57 Å². The number of hydrogen-bond donors (Lipinski definition) is 1. The number of aryl methyl sites for hydroxylation is 2. The molecule has 202 valence electrons. The molecule has 1 N–H and O–H groups in total. The Bertz CT molecular complexity index is 1710. The van der Waals surface area contributed by atoms with Gasteiger partial charge in [-0.3, -0.25) is 23.7 Å². The van der Waals surface area contributed by atoms with Crippen molar-refractivity contribution in [2.24, 2.45) is 5.92 Å². The second-order valence-electron chi connectivity index (χ2n) is 9.93. The number of carbonyl (C=O) groups is 3. The number of anilines is 2. The number of rotatable bonds is 5. The Morgan fingerprint density at radius 2 is 1.62 bits per heavy atom. The number of nitrogens with zero attached hydrogens (tertiary/aromatic N) is 2. The first-order valence-electron chi connectivity index (χ1n) is 12.7. The van der Waals surface area contributed by atoms with Crippen LogP contribution in [0.15, 0.2) is 87.1 Å². The molecule has 1 fully saturated rings. The van der Waals surface area contributed by atoms with Crippen molar-refractivity contribution < 1.29 is 14.4 Å². The molecule has 7 nitrogen and oxygen atoms in total. The molecule has 1 aromatic heterocycles. The summed E-state index contributed by atoms with van der Waals surface area (Å²) in [5, 5.41) is 2.73. The van der Waals surface area contributed by atoms with Gasteiger partial charge in [-0.05, 0) is 55.3 Å². The van der Waals surface area contributed by atoms with Crippen LogP contribution in [0, 0.1) is 19.8 Å². The van der Waals surface area contributed by atoms with Gasteiger partial charge >= 0.3 is 4.87 Å². The largest absolute Gasteiger partial charge is 0.324 e. The van der Waals surface area contributed by atoms with E-state index in [-0.39, 0.29) is 29.1 Å². The van der Waals surface area contributed by atoms with Gasteiger partial charge < -0.3 is 5.32 Å². The van der Waals surface area contributed by atoms with Gasteiger partial charge in [-0.2, -0.15) is 0 Å². The summed E-state index contributed by atoms with van der Waals surface area (Å²) in [6, 6.07) is 22.3. The maximum atomic E-state index is 13.9. The van der Waals surface area contributed by atoms with E-state index in [9.17, 15) is 19.2 Å². The molecule has 3 atom stereocenters. The van der Waals surface area contributed by atoms with Crippen LogP contribution in [0.5, 0.6) is 0 Å². The molecule has 3 aromatic carbocycles. The minimum atomic E-state index is -0.727. The molecule has 6 rings (SSSR count). The Balaban J connectivity index is 1.41. The van der Waals surface area contributed by atoms with Crippen LogP contribution in [-0.4, -0.2) is 27.5 Å². The van der Waals surface area contributed by atoms with E-state index in [0.717, 1.165) is 32.5 Å². The highest BCUT2D eigenvalue weighted by Crippen LogP contribution is 2.54. The molecule has 40 heavy (non-hydrogen) atoms. The highest BCUT2D eigenvalue weighted by atomic mass is 79.9. The van der Waals surface area contributed by atoms with Crippen molar-refractivity contribution in [2.75, 3.05) is 10.2 Å². The lowest BCUT2D eigenvalue weighted by Gasteiger charge is -2.30. The molecule has 2 aliphatic rings. The lowest BCUT2D eigenvalue weighted by atomic mass is 9.83. The predicted octanol–water partition coefficient (Wildman–Crippen LogP) is 5.72. The van der Waals surface area contributed by atoms with Crippen LogP contribution in [0.1, 0.15) is 27.5 Å². The number of halogens is 1. The zero-order valence-corrected chi connectivity index (χ0v) is 24.8. The smallest absolute Gasteiger partial charge is 0.308 e. The average molecular weight is 635 g/mol. The summed E-state index contributed by atoms with van der Waals surface area (Å²) >= 11 is 5.72. The van der Waals surface area contributed by atoms with E-state index >= 15 is 0 Å². The van der Waals surface area contributed by atoms with E-state index in [2.05, 4.69) is 21.2 Å². The van der Waals surface area contributed by atoms with E-state index in [1.54, 1.807) is 12.1 Å². The van der Waals surface area contributed by atoms with Gasteiger partial charge in [0.05, 0.1) is 16.6 Å². The third-order valence-corrected chi connectivity index (χ3v) is 10.4. The number of benzene rings is 3. The fourth-order valence-electron chi connectivity index (χ4n) is 5.28. The summed E-state index contributed by atoms with van der Waals surface area (Å²) in [6.45, 7) is 3.65. The predicted molar refractivity (Wildman–Crippen MR) is 161 cm³/mol. The zero-order chi connectivity index (χ0) is 28.1. The molecule has 1 saturated heterocycles. The van der Waals surface area contributed by atoms with Crippen LogP contribution in [-0.2, 0) is 20.9 Å². The molecule has 10 heteroatoms. The lowest BCUT2D eigenvalue weighted by Crippen LogP contribution is -2.33. The average Bonchev–Trinajstić information content (AvgIpc) is 3.37. The normalized spacial score (nSPS) is 19.9. The van der Waals surface area contributed by atoms with Crippen molar-refractivity contribution in [2.45, 2.75) is 36.6 Å². The number of aromatic nitrogens is 1. The Kier molecular flexibility index (Phi) is 7.02. The first-order chi connectivity index (χ1) is 19.2. The molecule has 0 aliphatic carbocycles. The third-order valence-electron chi connectivity index (χ3n) is 7.29. The number of fused-ring (bicyclic) bond motifs is 2. The van der Waals surface area contributed by atoms with Crippen molar-refractivity contribution in [1.29, 1.82) is 0 Å². The van der Waals surface area contributed by atoms with E-state index in [0.29, 0.717) is 21.3 Å². The Hall–Kier alpha value is -3.47. The second-order valence-corrected chi connectivity index (χ2v) is 13.0. The molecule has 2 aliphatic heterocycles. The van der Waals surface area contributed by atoms with Crippen LogP contribution in [0.25, 0.3) is 0 Å². The van der Waals surface area contributed by atoms with Crippen molar-refractivity contribution in [3.63, 3.8) is 0 Å². The summed E-state index contributed by atoms with van der Waals surface area (Å²) in [7, 11) is 0. The van der Waals surface area contributed by atoms with Crippen LogP contribution in [0.4, 0.5) is 11.4 Å². The van der Waals surface area contributed by atoms with Gasteiger partial charge in [0.15, 0.2) is 0 Å². The minimum Gasteiger partial charge on any atom is -0.324 e. The van der Waals surface area contributed by atoms with Crippen molar-refractivity contribution in [3.8, 4) is 0 Å². The monoisotopic (exact) mass is 633 g/mol. The number of para-hydroxylation sites is 1. The molecule has 0 spiro atoms. The molecule has 0 radical (unpaired) electrons. The van der Waals surface area contributed by atoms with E-state index in [1.165, 1.54) is 21.2 Å². The van der Waals surface area contributed by atoms with Gasteiger partial charge in [-0.15, -0.1) is 0 Å². The number of thiazole rings is 1. The summed E-state index contributed by atoms with van der Waals surface area (Å²) in [5.74, 6) is -2.12. The fourth-order valence-corrected chi connectivity index (χ4v) is 8.32. The SMILES string of the molecule is Cc1ccc(N2C(=O)C3Sc4c(sc(=O)n4CC(=O)Nc4ccccc4C)C(c4ccc(Br)cc4)C3C2=O)cc1. The molecule has 0 bridgehead atoms. The molecular formula is C30H24BrN3O4S2. The highest BCUT2D eigenvalue weighted by molar-refractivity contribution is 9.10. The Morgan fingerprint density at radius 3 is 2.33 bits per heavy atom. The van der Waals surface area contributed by atoms with E-state index in [1.807, 2.05) is 74.5 Å². The first kappa shape index (κ1) is 26.7.